The smallest absolute Gasteiger partial charge is 0.303 e. The summed E-state index contributed by atoms with van der Waals surface area (Å²) in [6, 6.07) is 0. The van der Waals surface area contributed by atoms with E-state index >= 15 is 0 Å². The first-order chi connectivity index (χ1) is 7.73. The van der Waals surface area contributed by atoms with Gasteiger partial charge in [0, 0.05) is 13.0 Å². The average molecular weight is 265 g/mol. The lowest BCUT2D eigenvalue weighted by molar-refractivity contribution is -0.137. The lowest BCUT2D eigenvalue weighted by Crippen LogP contribution is -2.32. The van der Waals surface area contributed by atoms with Gasteiger partial charge in [-0.2, -0.15) is 0 Å². The van der Waals surface area contributed by atoms with Crippen LogP contribution in [0.1, 0.15) is 26.7 Å². The van der Waals surface area contributed by atoms with Crippen LogP contribution >= 0.6 is 0 Å². The highest BCUT2D eigenvalue weighted by atomic mass is 32.2. The van der Waals surface area contributed by atoms with Gasteiger partial charge in [0.2, 0.25) is 5.91 Å². The van der Waals surface area contributed by atoms with E-state index in [1.807, 2.05) is 0 Å². The molecule has 0 spiro atoms. The third-order valence-corrected chi connectivity index (χ3v) is 3.70. The topological polar surface area (TPSA) is 101 Å². The van der Waals surface area contributed by atoms with Crippen molar-refractivity contribution < 1.29 is 23.1 Å². The van der Waals surface area contributed by atoms with Crippen molar-refractivity contribution in [2.75, 3.05) is 18.1 Å². The highest BCUT2D eigenvalue weighted by Gasteiger charge is 2.17. The number of aliphatic carboxylic acids is 1. The fraction of sp³-hybridized carbons (Fsp3) is 0.800. The van der Waals surface area contributed by atoms with Gasteiger partial charge < -0.3 is 10.4 Å². The Bertz CT molecular complexity index is 361. The molecule has 2 N–H and O–H groups in total. The van der Waals surface area contributed by atoms with Crippen molar-refractivity contribution in [3.63, 3.8) is 0 Å². The number of sulfone groups is 1. The summed E-state index contributed by atoms with van der Waals surface area (Å²) < 4.78 is 22.9. The molecule has 0 radical (unpaired) electrons. The Balaban J connectivity index is 3.90. The molecule has 17 heavy (non-hydrogen) atoms. The van der Waals surface area contributed by atoms with E-state index in [2.05, 4.69) is 5.32 Å². The Labute approximate surface area is 101 Å². The van der Waals surface area contributed by atoms with Crippen molar-refractivity contribution in [2.24, 2.45) is 5.92 Å². The molecule has 0 unspecified atom stereocenters. The molecule has 1 amide bonds. The second-order valence-corrected chi connectivity index (χ2v) is 6.40. The van der Waals surface area contributed by atoms with E-state index in [0.717, 1.165) is 0 Å². The summed E-state index contributed by atoms with van der Waals surface area (Å²) >= 11 is 0. The van der Waals surface area contributed by atoms with Crippen LogP contribution in [-0.2, 0) is 19.4 Å². The van der Waals surface area contributed by atoms with Crippen molar-refractivity contribution in [3.8, 4) is 0 Å². The van der Waals surface area contributed by atoms with Crippen LogP contribution in [-0.4, -0.2) is 43.5 Å². The fourth-order valence-corrected chi connectivity index (χ4v) is 2.92. The molecule has 0 fully saturated rings. The molecular formula is C10H19NO5S. The number of carboxylic acid groups (broad SMARTS) is 1. The van der Waals surface area contributed by atoms with Crippen LogP contribution in [0.4, 0.5) is 0 Å². The molecule has 0 aliphatic heterocycles. The Kier molecular flexibility index (Phi) is 6.79. The lowest BCUT2D eigenvalue weighted by Gasteiger charge is -2.07. The first kappa shape index (κ1) is 15.9. The van der Waals surface area contributed by atoms with Crippen molar-refractivity contribution >= 4 is 21.7 Å². The first-order valence-electron chi connectivity index (χ1n) is 5.42. The maximum atomic E-state index is 11.4. The van der Waals surface area contributed by atoms with E-state index in [0.29, 0.717) is 6.42 Å². The highest BCUT2D eigenvalue weighted by molar-refractivity contribution is 7.92. The third kappa shape index (κ3) is 9.80. The minimum atomic E-state index is -3.36. The second kappa shape index (κ2) is 7.26. The molecule has 6 nitrogen and oxygen atoms in total. The molecule has 0 aliphatic rings. The van der Waals surface area contributed by atoms with Crippen molar-refractivity contribution in [3.05, 3.63) is 0 Å². The summed E-state index contributed by atoms with van der Waals surface area (Å²) in [6.45, 7) is 3.72. The summed E-state index contributed by atoms with van der Waals surface area (Å²) in [7, 11) is -3.36. The van der Waals surface area contributed by atoms with E-state index in [4.69, 9.17) is 5.11 Å². The molecular weight excluding hydrogens is 246 g/mol. The SMILES string of the molecule is CC(C)CS(=O)(=O)CC(=O)NCCCC(=O)O. The number of amides is 1. The van der Waals surface area contributed by atoms with Gasteiger partial charge in [0.1, 0.15) is 5.75 Å². The Morgan fingerprint density at radius 3 is 2.35 bits per heavy atom. The summed E-state index contributed by atoms with van der Waals surface area (Å²) in [5.74, 6) is -2.07. The first-order valence-corrected chi connectivity index (χ1v) is 7.24. The molecule has 100 valence electrons. The number of carboxylic acids is 1. The van der Waals surface area contributed by atoms with Gasteiger partial charge in [-0.05, 0) is 12.3 Å². The number of hydrogen-bond donors (Lipinski definition) is 2. The van der Waals surface area contributed by atoms with Gasteiger partial charge in [0.15, 0.2) is 9.84 Å². The molecule has 0 aromatic carbocycles. The molecule has 0 heterocycles. The maximum Gasteiger partial charge on any atom is 0.303 e. The monoisotopic (exact) mass is 265 g/mol. The molecule has 7 heteroatoms. The van der Waals surface area contributed by atoms with Gasteiger partial charge in [0.05, 0.1) is 5.75 Å². The van der Waals surface area contributed by atoms with Crippen molar-refractivity contribution in [2.45, 2.75) is 26.7 Å². The Morgan fingerprint density at radius 2 is 1.88 bits per heavy atom. The zero-order valence-corrected chi connectivity index (χ0v) is 10.9. The van der Waals surface area contributed by atoms with Gasteiger partial charge >= 0.3 is 5.97 Å². The lowest BCUT2D eigenvalue weighted by atomic mass is 10.3. The molecule has 0 atom stereocenters. The van der Waals surface area contributed by atoms with Crippen LogP contribution in [0.5, 0.6) is 0 Å². The molecule has 0 rings (SSSR count). The van der Waals surface area contributed by atoms with Crippen molar-refractivity contribution in [1.29, 1.82) is 0 Å². The van der Waals surface area contributed by atoms with E-state index in [1.54, 1.807) is 13.8 Å². The minimum absolute atomic E-state index is 0.0141. The van der Waals surface area contributed by atoms with Crippen LogP contribution in [0.25, 0.3) is 0 Å². The predicted molar refractivity (Wildman–Crippen MR) is 63.4 cm³/mol. The maximum absolute atomic E-state index is 11.4. The number of hydrogen-bond acceptors (Lipinski definition) is 4. The van der Waals surface area contributed by atoms with Gasteiger partial charge in [0.25, 0.3) is 0 Å². The zero-order valence-electron chi connectivity index (χ0n) is 10.1. The van der Waals surface area contributed by atoms with Gasteiger partial charge in [-0.15, -0.1) is 0 Å². The fourth-order valence-electron chi connectivity index (χ4n) is 1.28. The van der Waals surface area contributed by atoms with Crippen LogP contribution in [0.15, 0.2) is 0 Å². The van der Waals surface area contributed by atoms with Crippen molar-refractivity contribution in [1.82, 2.24) is 5.32 Å². The number of carbonyl (C=O) groups is 2. The number of nitrogens with one attached hydrogen (secondary N) is 1. The van der Waals surface area contributed by atoms with Crippen LogP contribution in [0.2, 0.25) is 0 Å². The molecule has 0 aliphatic carbocycles. The van der Waals surface area contributed by atoms with E-state index < -0.39 is 27.5 Å². The number of rotatable bonds is 8. The highest BCUT2D eigenvalue weighted by Crippen LogP contribution is 2.00. The normalized spacial score (nSPS) is 11.5. The van der Waals surface area contributed by atoms with E-state index in [9.17, 15) is 18.0 Å². The van der Waals surface area contributed by atoms with Crippen LogP contribution < -0.4 is 5.32 Å². The quantitative estimate of drug-likeness (QED) is 0.603. The predicted octanol–water partition coefficient (Wildman–Crippen LogP) is 0.0382. The summed E-state index contributed by atoms with van der Waals surface area (Å²) in [6.07, 6.45) is 0.254. The van der Waals surface area contributed by atoms with Crippen LogP contribution in [0.3, 0.4) is 0 Å². The third-order valence-electron chi connectivity index (χ3n) is 1.83. The number of carbonyl (C=O) groups excluding carboxylic acids is 1. The molecule has 0 aromatic heterocycles. The second-order valence-electron chi connectivity index (χ2n) is 4.30. The molecule has 0 aromatic rings. The molecule has 0 saturated carbocycles. The van der Waals surface area contributed by atoms with Gasteiger partial charge in [-0.3, -0.25) is 9.59 Å². The van der Waals surface area contributed by atoms with Gasteiger partial charge in [-0.1, -0.05) is 13.8 Å². The van der Waals surface area contributed by atoms with E-state index in [1.165, 1.54) is 0 Å². The van der Waals surface area contributed by atoms with Gasteiger partial charge in [-0.25, -0.2) is 8.42 Å². The zero-order chi connectivity index (χ0) is 13.5. The Morgan fingerprint density at radius 1 is 1.29 bits per heavy atom. The average Bonchev–Trinajstić information content (AvgIpc) is 2.08. The Hall–Kier alpha value is -1.11. The minimum Gasteiger partial charge on any atom is -0.481 e. The van der Waals surface area contributed by atoms with E-state index in [-0.39, 0.29) is 24.6 Å². The summed E-state index contributed by atoms with van der Waals surface area (Å²) in [5.41, 5.74) is 0. The van der Waals surface area contributed by atoms with Crippen LogP contribution in [0, 0.1) is 5.92 Å². The summed E-state index contributed by atoms with van der Waals surface area (Å²) in [5, 5.41) is 10.7. The largest absolute Gasteiger partial charge is 0.481 e. The standard InChI is InChI=1S/C10H19NO5S/c1-8(2)6-17(15,16)7-9(12)11-5-3-4-10(13)14/h8H,3-7H2,1-2H3,(H,11,12)(H,13,14). The summed E-state index contributed by atoms with van der Waals surface area (Å²) in [4.78, 5) is 21.4. The molecule has 0 bridgehead atoms. The molecule has 0 saturated heterocycles.